The highest BCUT2D eigenvalue weighted by Gasteiger charge is 2.19. The molecule has 0 fully saturated rings. The Balaban J connectivity index is 1.35. The molecule has 0 aliphatic heterocycles. The fourth-order valence-electron chi connectivity index (χ4n) is 5.89. The van der Waals surface area contributed by atoms with Crippen LogP contribution in [0.4, 0.5) is 0 Å². The molecule has 0 amide bonds. The molecule has 1 heterocycles. The molecule has 0 saturated carbocycles. The Bertz CT molecular complexity index is 2110. The van der Waals surface area contributed by atoms with Gasteiger partial charge < -0.3 is 9.15 Å². The van der Waals surface area contributed by atoms with Gasteiger partial charge in [0.05, 0.1) is 7.11 Å². The number of nitrogens with zero attached hydrogens (tertiary/aromatic N) is 1. The molecule has 3 heteroatoms. The van der Waals surface area contributed by atoms with Crippen LogP contribution in [0.5, 0.6) is 5.75 Å². The van der Waals surface area contributed by atoms with Gasteiger partial charge in [0.25, 0.3) is 0 Å². The van der Waals surface area contributed by atoms with Gasteiger partial charge in [0.15, 0.2) is 5.76 Å². The smallest absolute Gasteiger partial charge is 0.153 e. The third-order valence-corrected chi connectivity index (χ3v) is 8.10. The van der Waals surface area contributed by atoms with Gasteiger partial charge in [-0.3, -0.25) is 0 Å². The molecular formula is C42H29NO2. The molecule has 0 spiro atoms. The van der Waals surface area contributed by atoms with Crippen LogP contribution in [-0.4, -0.2) is 7.11 Å². The molecule has 214 valence electrons. The fraction of sp³-hybridized carbons (Fsp3) is 0.0238. The summed E-state index contributed by atoms with van der Waals surface area (Å²) in [5, 5.41) is 11.0. The van der Waals surface area contributed by atoms with E-state index in [1.165, 1.54) is 0 Å². The van der Waals surface area contributed by atoms with E-state index in [-0.39, 0.29) is 0 Å². The van der Waals surface area contributed by atoms with E-state index in [9.17, 15) is 5.26 Å². The summed E-state index contributed by atoms with van der Waals surface area (Å²) in [5.74, 6) is 1.38. The van der Waals surface area contributed by atoms with Crippen LogP contribution < -0.4 is 4.74 Å². The van der Waals surface area contributed by atoms with Crippen molar-refractivity contribution in [3.8, 4) is 34.3 Å². The number of rotatable bonds is 7. The van der Waals surface area contributed by atoms with Gasteiger partial charge in [0.1, 0.15) is 23.0 Å². The number of hydrogen-bond acceptors (Lipinski definition) is 3. The van der Waals surface area contributed by atoms with Crippen molar-refractivity contribution in [2.45, 2.75) is 0 Å². The summed E-state index contributed by atoms with van der Waals surface area (Å²) in [6.45, 7) is 0. The second-order valence-corrected chi connectivity index (χ2v) is 10.8. The lowest BCUT2D eigenvalue weighted by Crippen LogP contribution is -1.97. The van der Waals surface area contributed by atoms with Crippen LogP contribution in [-0.2, 0) is 0 Å². The third kappa shape index (κ3) is 5.42. The molecule has 0 saturated heterocycles. The molecule has 0 radical (unpaired) electrons. The van der Waals surface area contributed by atoms with Crippen molar-refractivity contribution in [2.24, 2.45) is 0 Å². The molecule has 0 bridgehead atoms. The molecule has 0 atom stereocenters. The van der Waals surface area contributed by atoms with Crippen molar-refractivity contribution in [2.75, 3.05) is 7.11 Å². The van der Waals surface area contributed by atoms with Crippen LogP contribution in [0.3, 0.4) is 0 Å². The normalized spacial score (nSPS) is 10.8. The SMILES string of the molecule is COc1ccc(-c2ccc3c(C#N)c(-c4ccc(C(=C(c5ccccc5)c5ccccc5)c5ccccc5)cc4)oc3c2)cc1. The number of fused-ring (bicyclic) bond motifs is 1. The Morgan fingerprint density at radius 1 is 0.533 bits per heavy atom. The first kappa shape index (κ1) is 27.7. The van der Waals surface area contributed by atoms with E-state index in [0.717, 1.165) is 61.2 Å². The summed E-state index contributed by atoms with van der Waals surface area (Å²) in [6.07, 6.45) is 0. The molecule has 45 heavy (non-hydrogen) atoms. The molecule has 6 aromatic carbocycles. The fourth-order valence-corrected chi connectivity index (χ4v) is 5.89. The van der Waals surface area contributed by atoms with Crippen molar-refractivity contribution in [3.63, 3.8) is 0 Å². The molecule has 0 aliphatic carbocycles. The van der Waals surface area contributed by atoms with Crippen LogP contribution in [0.15, 0.2) is 162 Å². The topological polar surface area (TPSA) is 46.2 Å². The Labute approximate surface area is 262 Å². The number of ether oxygens (including phenoxy) is 1. The van der Waals surface area contributed by atoms with Gasteiger partial charge in [-0.2, -0.15) is 5.26 Å². The number of benzene rings is 6. The van der Waals surface area contributed by atoms with Gasteiger partial charge in [-0.05, 0) is 68.8 Å². The van der Waals surface area contributed by atoms with E-state index in [4.69, 9.17) is 9.15 Å². The zero-order valence-corrected chi connectivity index (χ0v) is 24.8. The Kier molecular flexibility index (Phi) is 7.54. The molecule has 7 rings (SSSR count). The predicted molar refractivity (Wildman–Crippen MR) is 183 cm³/mol. The molecule has 0 N–H and O–H groups in total. The molecule has 3 nitrogen and oxygen atoms in total. The van der Waals surface area contributed by atoms with Gasteiger partial charge in [-0.15, -0.1) is 0 Å². The number of nitriles is 1. The second-order valence-electron chi connectivity index (χ2n) is 10.8. The monoisotopic (exact) mass is 579 g/mol. The number of hydrogen-bond donors (Lipinski definition) is 0. The third-order valence-electron chi connectivity index (χ3n) is 8.10. The second kappa shape index (κ2) is 12.2. The molecule has 7 aromatic rings. The minimum absolute atomic E-state index is 0.534. The Morgan fingerprint density at radius 2 is 1.00 bits per heavy atom. The number of furan rings is 1. The summed E-state index contributed by atoms with van der Waals surface area (Å²) < 4.78 is 11.7. The zero-order valence-electron chi connectivity index (χ0n) is 24.8. The lowest BCUT2D eigenvalue weighted by molar-refractivity contribution is 0.415. The first-order valence-electron chi connectivity index (χ1n) is 14.9. The predicted octanol–water partition coefficient (Wildman–Crippen LogP) is 10.7. The summed E-state index contributed by atoms with van der Waals surface area (Å²) in [5.41, 5.74) is 10.9. The van der Waals surface area contributed by atoms with Gasteiger partial charge >= 0.3 is 0 Å². The first-order valence-corrected chi connectivity index (χ1v) is 14.9. The maximum Gasteiger partial charge on any atom is 0.153 e. The minimum atomic E-state index is 0.534. The van der Waals surface area contributed by atoms with Crippen molar-refractivity contribution in [1.82, 2.24) is 0 Å². The van der Waals surface area contributed by atoms with Crippen molar-refractivity contribution < 1.29 is 9.15 Å². The largest absolute Gasteiger partial charge is 0.497 e. The summed E-state index contributed by atoms with van der Waals surface area (Å²) >= 11 is 0. The zero-order chi connectivity index (χ0) is 30.6. The molecule has 0 aliphatic rings. The quantitative estimate of drug-likeness (QED) is 0.177. The van der Waals surface area contributed by atoms with Crippen LogP contribution in [0.2, 0.25) is 0 Å². The molecule has 0 unspecified atom stereocenters. The van der Waals surface area contributed by atoms with Gasteiger partial charge in [0.2, 0.25) is 0 Å². The lowest BCUT2D eigenvalue weighted by Gasteiger charge is -2.18. The highest BCUT2D eigenvalue weighted by Crippen LogP contribution is 2.39. The summed E-state index contributed by atoms with van der Waals surface area (Å²) in [6, 6.07) is 56.2. The average Bonchev–Trinajstić information content (AvgIpc) is 3.50. The van der Waals surface area contributed by atoms with Crippen molar-refractivity contribution in [1.29, 1.82) is 5.26 Å². The summed E-state index contributed by atoms with van der Waals surface area (Å²) in [7, 11) is 1.66. The van der Waals surface area contributed by atoms with Crippen LogP contribution in [0, 0.1) is 11.3 Å². The molecule has 1 aromatic heterocycles. The average molecular weight is 580 g/mol. The van der Waals surface area contributed by atoms with Gasteiger partial charge in [-0.25, -0.2) is 0 Å². The van der Waals surface area contributed by atoms with Crippen LogP contribution in [0.1, 0.15) is 27.8 Å². The van der Waals surface area contributed by atoms with Crippen LogP contribution >= 0.6 is 0 Å². The number of methoxy groups -OCH3 is 1. The summed E-state index contributed by atoms with van der Waals surface area (Å²) in [4.78, 5) is 0. The van der Waals surface area contributed by atoms with E-state index in [2.05, 4.69) is 103 Å². The highest BCUT2D eigenvalue weighted by molar-refractivity contribution is 6.04. The van der Waals surface area contributed by atoms with Crippen molar-refractivity contribution >= 4 is 22.1 Å². The van der Waals surface area contributed by atoms with E-state index in [0.29, 0.717) is 16.9 Å². The minimum Gasteiger partial charge on any atom is -0.497 e. The lowest BCUT2D eigenvalue weighted by atomic mass is 9.85. The van der Waals surface area contributed by atoms with E-state index < -0.39 is 0 Å². The maximum absolute atomic E-state index is 10.2. The van der Waals surface area contributed by atoms with Gasteiger partial charge in [-0.1, -0.05) is 133 Å². The van der Waals surface area contributed by atoms with E-state index in [1.54, 1.807) is 7.11 Å². The van der Waals surface area contributed by atoms with Crippen LogP contribution in [0.25, 0.3) is 44.6 Å². The van der Waals surface area contributed by atoms with E-state index >= 15 is 0 Å². The van der Waals surface area contributed by atoms with Gasteiger partial charge in [0, 0.05) is 10.9 Å². The Hall–Kier alpha value is -6.11. The molecular weight excluding hydrogens is 550 g/mol. The standard InChI is InChI=1S/C42H29NO2/c1-44-36-24-21-29(22-25-36)35-23-26-37-38(28-43)42(45-39(37)27-35)34-19-17-33(18-20-34)41(32-15-9-4-10-16-32)40(30-11-5-2-6-12-30)31-13-7-3-8-14-31/h2-27H,1H3. The maximum atomic E-state index is 10.2. The first-order chi connectivity index (χ1) is 22.2. The highest BCUT2D eigenvalue weighted by atomic mass is 16.5. The van der Waals surface area contributed by atoms with Crippen molar-refractivity contribution in [3.05, 3.63) is 186 Å². The van der Waals surface area contributed by atoms with E-state index in [1.807, 2.05) is 60.7 Å². The Morgan fingerprint density at radius 3 is 1.49 bits per heavy atom.